The Morgan fingerprint density at radius 2 is 2.00 bits per heavy atom. The van der Waals surface area contributed by atoms with Crippen LogP contribution in [0.25, 0.3) is 0 Å². The molecule has 2 N–H and O–H groups in total. The van der Waals surface area contributed by atoms with Crippen molar-refractivity contribution in [1.29, 1.82) is 0 Å². The molecule has 74 valence electrons. The van der Waals surface area contributed by atoms with Crippen LogP contribution in [-0.4, -0.2) is 31.4 Å². The monoisotopic (exact) mass is 178 g/mol. The van der Waals surface area contributed by atoms with Crippen molar-refractivity contribution >= 4 is 0 Å². The highest BCUT2D eigenvalue weighted by molar-refractivity contribution is 4.35. The number of hydrogen-bond donors (Lipinski definition) is 1. The smallest absolute Gasteiger partial charge is 0.254 e. The molecule has 0 spiro atoms. The first kappa shape index (κ1) is 11.8. The van der Waals surface area contributed by atoms with Gasteiger partial charge in [0.25, 0.3) is 6.41 Å². The van der Waals surface area contributed by atoms with Gasteiger partial charge in [-0.3, -0.25) is 4.84 Å². The van der Waals surface area contributed by atoms with Crippen LogP contribution < -0.4 is 5.84 Å². The lowest BCUT2D eigenvalue weighted by molar-refractivity contribution is -0.344. The van der Waals surface area contributed by atoms with Crippen LogP contribution in [-0.2, 0) is 14.3 Å². The third-order valence-electron chi connectivity index (χ3n) is 1.05. The summed E-state index contributed by atoms with van der Waals surface area (Å²) >= 11 is 0. The van der Waals surface area contributed by atoms with E-state index in [4.69, 9.17) is 20.2 Å². The molecule has 0 aromatic heterocycles. The first-order valence-corrected chi connectivity index (χ1v) is 3.96. The van der Waals surface area contributed by atoms with Crippen LogP contribution in [0.1, 0.15) is 20.8 Å². The molecular weight excluding hydrogens is 160 g/mol. The fourth-order valence-corrected chi connectivity index (χ4v) is 0.681. The van der Waals surface area contributed by atoms with Crippen LogP contribution in [0.15, 0.2) is 0 Å². The van der Waals surface area contributed by atoms with E-state index in [1.165, 1.54) is 7.11 Å². The molecule has 0 heterocycles. The quantitative estimate of drug-likeness (QED) is 0.364. The molecule has 5 nitrogen and oxygen atoms in total. The highest BCUT2D eigenvalue weighted by Crippen LogP contribution is 2.00. The first-order valence-electron chi connectivity index (χ1n) is 3.96. The van der Waals surface area contributed by atoms with Crippen molar-refractivity contribution in [2.45, 2.75) is 33.3 Å². The summed E-state index contributed by atoms with van der Waals surface area (Å²) in [5.41, 5.74) is 0. The van der Waals surface area contributed by atoms with Crippen molar-refractivity contribution in [3.8, 4) is 0 Å². The lowest BCUT2D eigenvalue weighted by Crippen LogP contribution is -2.45. The first-order chi connectivity index (χ1) is 5.61. The average Bonchev–Trinajstić information content (AvgIpc) is 1.98. The van der Waals surface area contributed by atoms with Crippen LogP contribution in [0.2, 0.25) is 0 Å². The second kappa shape index (κ2) is 6.33. The van der Waals surface area contributed by atoms with Crippen LogP contribution >= 0.6 is 0 Å². The van der Waals surface area contributed by atoms with Gasteiger partial charge in [-0.15, -0.1) is 0 Å². The average molecular weight is 178 g/mol. The van der Waals surface area contributed by atoms with E-state index in [1.54, 1.807) is 0 Å². The van der Waals surface area contributed by atoms with Crippen molar-refractivity contribution in [2.24, 2.45) is 5.84 Å². The molecule has 0 radical (unpaired) electrons. The summed E-state index contributed by atoms with van der Waals surface area (Å²) in [4.78, 5) is 5.12. The number of nitrogens with two attached hydrogens (primary N) is 1. The Morgan fingerprint density at radius 3 is 2.33 bits per heavy atom. The highest BCUT2D eigenvalue weighted by Gasteiger charge is 2.15. The van der Waals surface area contributed by atoms with E-state index in [0.29, 0.717) is 6.61 Å². The Balaban J connectivity index is 3.76. The van der Waals surface area contributed by atoms with Crippen molar-refractivity contribution in [3.05, 3.63) is 0 Å². The number of hydrogen-bond acceptors (Lipinski definition) is 5. The third kappa shape index (κ3) is 4.63. The molecular formula is C7H18N2O3. The molecule has 1 atom stereocenters. The molecule has 0 amide bonds. The van der Waals surface area contributed by atoms with Gasteiger partial charge in [0.1, 0.15) is 0 Å². The van der Waals surface area contributed by atoms with Gasteiger partial charge in [0, 0.05) is 13.7 Å². The number of nitrogens with zero attached hydrogens (tertiary/aromatic N) is 1. The van der Waals surface area contributed by atoms with Gasteiger partial charge in [-0.25, -0.2) is 5.84 Å². The minimum absolute atomic E-state index is 0.00751. The standard InChI is InChI=1S/C7H18N2O3/c1-5-11-7(10-4)9(8)12-6(2)3/h6-7H,5,8H2,1-4H3. The Bertz CT molecular complexity index is 111. The summed E-state index contributed by atoms with van der Waals surface area (Å²) in [6.45, 7) is 6.12. The number of hydrazine groups is 1. The molecule has 0 aromatic rings. The topological polar surface area (TPSA) is 57.0 Å². The van der Waals surface area contributed by atoms with Crippen LogP contribution in [0, 0.1) is 0 Å². The second-order valence-corrected chi connectivity index (χ2v) is 2.51. The normalized spacial score (nSPS) is 14.2. The maximum Gasteiger partial charge on any atom is 0.254 e. The predicted molar refractivity (Wildman–Crippen MR) is 44.7 cm³/mol. The zero-order valence-corrected chi connectivity index (χ0v) is 8.11. The largest absolute Gasteiger partial charge is 0.341 e. The zero-order valence-electron chi connectivity index (χ0n) is 8.11. The van der Waals surface area contributed by atoms with E-state index in [2.05, 4.69) is 0 Å². The summed E-state index contributed by atoms with van der Waals surface area (Å²) in [7, 11) is 1.50. The predicted octanol–water partition coefficient (Wildman–Crippen LogP) is 0.469. The fraction of sp³-hybridized carbons (Fsp3) is 1.00. The van der Waals surface area contributed by atoms with Gasteiger partial charge in [-0.1, -0.05) is 5.17 Å². The molecule has 1 unspecified atom stereocenters. The molecule has 0 aliphatic rings. The highest BCUT2D eigenvalue weighted by atomic mass is 16.8. The summed E-state index contributed by atoms with van der Waals surface area (Å²) in [5, 5.41) is 1.06. The lowest BCUT2D eigenvalue weighted by Gasteiger charge is -2.25. The SMILES string of the molecule is CCOC(OC)N(N)OC(C)C. The molecule has 0 saturated heterocycles. The summed E-state index contributed by atoms with van der Waals surface area (Å²) in [6.07, 6.45) is -0.634. The molecule has 5 heteroatoms. The molecule has 0 aliphatic carbocycles. The molecule has 0 bridgehead atoms. The van der Waals surface area contributed by atoms with Gasteiger partial charge in [-0.05, 0) is 20.8 Å². The molecule has 0 saturated carbocycles. The molecule has 0 fully saturated rings. The molecule has 0 aliphatic heterocycles. The van der Waals surface area contributed by atoms with Gasteiger partial charge in [0.05, 0.1) is 6.10 Å². The Morgan fingerprint density at radius 1 is 1.42 bits per heavy atom. The Kier molecular flexibility index (Phi) is 6.23. The molecule has 0 rings (SSSR count). The number of hydroxylamine groups is 1. The Hall–Kier alpha value is -0.200. The van der Waals surface area contributed by atoms with Crippen molar-refractivity contribution < 1.29 is 14.3 Å². The van der Waals surface area contributed by atoms with Gasteiger partial charge < -0.3 is 9.47 Å². The lowest BCUT2D eigenvalue weighted by atomic mass is 10.5. The maximum atomic E-state index is 5.48. The maximum absolute atomic E-state index is 5.48. The minimum Gasteiger partial charge on any atom is -0.341 e. The van der Waals surface area contributed by atoms with Gasteiger partial charge in [0.15, 0.2) is 0 Å². The summed E-state index contributed by atoms with van der Waals surface area (Å²) < 4.78 is 10.0. The van der Waals surface area contributed by atoms with Crippen LogP contribution in [0.5, 0.6) is 0 Å². The van der Waals surface area contributed by atoms with E-state index in [0.717, 1.165) is 5.17 Å². The number of rotatable bonds is 6. The van der Waals surface area contributed by atoms with Gasteiger partial charge in [0.2, 0.25) is 0 Å². The van der Waals surface area contributed by atoms with Crippen molar-refractivity contribution in [3.63, 3.8) is 0 Å². The van der Waals surface area contributed by atoms with E-state index in [1.807, 2.05) is 20.8 Å². The summed E-state index contributed by atoms with van der Waals surface area (Å²) in [5.74, 6) is 5.48. The third-order valence-corrected chi connectivity index (χ3v) is 1.05. The van der Waals surface area contributed by atoms with E-state index >= 15 is 0 Å². The summed E-state index contributed by atoms with van der Waals surface area (Å²) in [6, 6.07) is 0. The van der Waals surface area contributed by atoms with Crippen molar-refractivity contribution in [2.75, 3.05) is 13.7 Å². The van der Waals surface area contributed by atoms with Gasteiger partial charge in [-0.2, -0.15) is 0 Å². The van der Waals surface area contributed by atoms with Crippen molar-refractivity contribution in [1.82, 2.24) is 5.17 Å². The van der Waals surface area contributed by atoms with Crippen LogP contribution in [0.4, 0.5) is 0 Å². The van der Waals surface area contributed by atoms with E-state index < -0.39 is 6.41 Å². The zero-order chi connectivity index (χ0) is 9.56. The van der Waals surface area contributed by atoms with E-state index in [9.17, 15) is 0 Å². The fourth-order valence-electron chi connectivity index (χ4n) is 0.681. The second-order valence-electron chi connectivity index (χ2n) is 2.51. The van der Waals surface area contributed by atoms with Gasteiger partial charge >= 0.3 is 0 Å². The number of methoxy groups -OCH3 is 1. The Labute approximate surface area is 73.3 Å². The number of ether oxygens (including phenoxy) is 2. The van der Waals surface area contributed by atoms with Crippen LogP contribution in [0.3, 0.4) is 0 Å². The minimum atomic E-state index is -0.641. The molecule has 0 aromatic carbocycles. The molecule has 12 heavy (non-hydrogen) atoms. The van der Waals surface area contributed by atoms with E-state index in [-0.39, 0.29) is 6.10 Å².